The van der Waals surface area contributed by atoms with Gasteiger partial charge in [0, 0.05) is 31.7 Å². The Hall–Kier alpha value is -2.40. The predicted octanol–water partition coefficient (Wildman–Crippen LogP) is 2.39. The third-order valence-corrected chi connectivity index (χ3v) is 6.33. The van der Waals surface area contributed by atoms with Crippen LogP contribution in [-0.4, -0.2) is 65.7 Å². The van der Waals surface area contributed by atoms with Crippen molar-refractivity contribution in [3.63, 3.8) is 0 Å². The van der Waals surface area contributed by atoms with Crippen molar-refractivity contribution in [3.8, 4) is 5.69 Å². The van der Waals surface area contributed by atoms with Crippen LogP contribution in [0, 0.1) is 0 Å². The zero-order chi connectivity index (χ0) is 21.4. The number of halogens is 3. The second-order valence-electron chi connectivity index (χ2n) is 6.99. The van der Waals surface area contributed by atoms with Gasteiger partial charge in [-0.05, 0) is 37.1 Å². The maximum absolute atomic E-state index is 13.1. The first-order chi connectivity index (χ1) is 13.5. The lowest BCUT2D eigenvalue weighted by Crippen LogP contribution is -2.47. The van der Waals surface area contributed by atoms with Gasteiger partial charge in [0.2, 0.25) is 10.0 Å². The van der Waals surface area contributed by atoms with Crippen molar-refractivity contribution in [2.75, 3.05) is 26.4 Å². The van der Waals surface area contributed by atoms with Gasteiger partial charge in [-0.2, -0.15) is 18.3 Å². The highest BCUT2D eigenvalue weighted by Crippen LogP contribution is 2.30. The highest BCUT2D eigenvalue weighted by atomic mass is 32.2. The number of benzene rings is 1. The van der Waals surface area contributed by atoms with E-state index in [0.29, 0.717) is 25.9 Å². The van der Waals surface area contributed by atoms with Crippen molar-refractivity contribution >= 4 is 15.9 Å². The van der Waals surface area contributed by atoms with Crippen LogP contribution in [0.3, 0.4) is 0 Å². The summed E-state index contributed by atoms with van der Waals surface area (Å²) >= 11 is 0. The first-order valence-corrected chi connectivity index (χ1v) is 10.8. The molecule has 0 unspecified atom stereocenters. The van der Waals surface area contributed by atoms with E-state index in [2.05, 4.69) is 5.10 Å². The van der Waals surface area contributed by atoms with Gasteiger partial charge in [-0.1, -0.05) is 6.07 Å². The molecule has 1 aromatic heterocycles. The van der Waals surface area contributed by atoms with E-state index in [-0.39, 0.29) is 23.2 Å². The number of sulfonamides is 1. The topological polar surface area (TPSA) is 75.5 Å². The fraction of sp³-hybridized carbons (Fsp3) is 0.444. The Bertz CT molecular complexity index is 996. The summed E-state index contributed by atoms with van der Waals surface area (Å²) < 4.78 is 64.8. The number of alkyl halides is 3. The Balaban J connectivity index is 1.78. The number of hydrogen-bond donors (Lipinski definition) is 0. The van der Waals surface area contributed by atoms with Crippen molar-refractivity contribution in [1.29, 1.82) is 0 Å². The number of piperidine rings is 1. The molecule has 29 heavy (non-hydrogen) atoms. The quantitative estimate of drug-likeness (QED) is 0.747. The van der Waals surface area contributed by atoms with Crippen LogP contribution in [0.4, 0.5) is 13.2 Å². The Morgan fingerprint density at radius 2 is 1.86 bits per heavy atom. The molecule has 3 rings (SSSR count). The third kappa shape index (κ3) is 4.61. The lowest BCUT2D eigenvalue weighted by molar-refractivity contribution is -0.142. The van der Waals surface area contributed by atoms with E-state index < -0.39 is 21.9 Å². The van der Waals surface area contributed by atoms with Gasteiger partial charge in [-0.3, -0.25) is 4.79 Å². The van der Waals surface area contributed by atoms with Gasteiger partial charge in [-0.25, -0.2) is 17.4 Å². The zero-order valence-corrected chi connectivity index (χ0v) is 16.7. The molecule has 0 atom stereocenters. The Morgan fingerprint density at radius 1 is 1.21 bits per heavy atom. The standard InChI is InChI=1S/C18H21F3N4O3S/c1-23(14-7-10-24(11-8-14)29(2,27)28)17(26)13-4-3-5-15(12-13)25-16(6-9-22-25)18(19,20)21/h3-6,9,12,14H,7-8,10-11H2,1-2H3. The minimum Gasteiger partial charge on any atom is -0.339 e. The number of rotatable bonds is 4. The fourth-order valence-corrected chi connectivity index (χ4v) is 4.30. The van der Waals surface area contributed by atoms with Gasteiger partial charge < -0.3 is 4.90 Å². The summed E-state index contributed by atoms with van der Waals surface area (Å²) in [5.74, 6) is -0.342. The number of aromatic nitrogens is 2. The van der Waals surface area contributed by atoms with E-state index in [9.17, 15) is 26.4 Å². The summed E-state index contributed by atoms with van der Waals surface area (Å²) in [5.41, 5.74) is -0.559. The van der Waals surface area contributed by atoms with E-state index in [0.717, 1.165) is 23.2 Å². The van der Waals surface area contributed by atoms with Gasteiger partial charge >= 0.3 is 6.18 Å². The molecular weight excluding hydrogens is 409 g/mol. The van der Waals surface area contributed by atoms with Crippen LogP contribution in [0.25, 0.3) is 5.69 Å². The third-order valence-electron chi connectivity index (χ3n) is 5.03. The van der Waals surface area contributed by atoms with Crippen molar-refractivity contribution in [1.82, 2.24) is 19.0 Å². The largest absolute Gasteiger partial charge is 0.433 e. The van der Waals surface area contributed by atoms with E-state index >= 15 is 0 Å². The highest BCUT2D eigenvalue weighted by Gasteiger charge is 2.35. The van der Waals surface area contributed by atoms with Gasteiger partial charge in [-0.15, -0.1) is 0 Å². The van der Waals surface area contributed by atoms with E-state index in [1.54, 1.807) is 7.05 Å². The van der Waals surface area contributed by atoms with Crippen LogP contribution in [0.5, 0.6) is 0 Å². The maximum atomic E-state index is 13.1. The van der Waals surface area contributed by atoms with Gasteiger partial charge in [0.25, 0.3) is 5.91 Å². The molecule has 0 N–H and O–H groups in total. The van der Waals surface area contributed by atoms with Crippen molar-refractivity contribution < 1.29 is 26.4 Å². The molecule has 1 aliphatic rings. The molecule has 0 aliphatic carbocycles. The summed E-state index contributed by atoms with van der Waals surface area (Å²) in [5, 5.41) is 3.73. The highest BCUT2D eigenvalue weighted by molar-refractivity contribution is 7.88. The number of carbonyl (C=O) groups excluding carboxylic acids is 1. The molecule has 2 heterocycles. The average molecular weight is 430 g/mol. The molecule has 1 saturated heterocycles. The van der Waals surface area contributed by atoms with Crippen LogP contribution in [-0.2, 0) is 16.2 Å². The molecule has 1 fully saturated rings. The number of amides is 1. The number of nitrogens with zero attached hydrogens (tertiary/aromatic N) is 4. The Morgan fingerprint density at radius 3 is 2.45 bits per heavy atom. The van der Waals surface area contributed by atoms with Gasteiger partial charge in [0.15, 0.2) is 0 Å². The lowest BCUT2D eigenvalue weighted by atomic mass is 10.0. The SMILES string of the molecule is CN(C(=O)c1cccc(-n2nccc2C(F)(F)F)c1)C1CCN(S(C)(=O)=O)CC1. The summed E-state index contributed by atoms with van der Waals surface area (Å²) in [4.78, 5) is 14.4. The maximum Gasteiger partial charge on any atom is 0.433 e. The first-order valence-electron chi connectivity index (χ1n) is 8.92. The average Bonchev–Trinajstić information content (AvgIpc) is 3.17. The van der Waals surface area contributed by atoms with Crippen LogP contribution in [0.2, 0.25) is 0 Å². The van der Waals surface area contributed by atoms with E-state index in [1.807, 2.05) is 0 Å². The molecule has 0 saturated carbocycles. The smallest absolute Gasteiger partial charge is 0.339 e. The summed E-state index contributed by atoms with van der Waals surface area (Å²) in [6.45, 7) is 0.646. The molecule has 0 radical (unpaired) electrons. The normalized spacial score (nSPS) is 16.7. The van der Waals surface area contributed by atoms with Crippen LogP contribution < -0.4 is 0 Å². The van der Waals surface area contributed by atoms with Crippen LogP contribution >= 0.6 is 0 Å². The summed E-state index contributed by atoms with van der Waals surface area (Å²) in [7, 11) is -1.65. The molecule has 0 bridgehead atoms. The summed E-state index contributed by atoms with van der Waals surface area (Å²) in [6, 6.07) is 6.57. The minimum atomic E-state index is -4.57. The molecule has 1 aromatic carbocycles. The molecule has 0 spiro atoms. The molecule has 158 valence electrons. The molecule has 2 aromatic rings. The van der Waals surface area contributed by atoms with Gasteiger partial charge in [0.05, 0.1) is 18.1 Å². The minimum absolute atomic E-state index is 0.133. The van der Waals surface area contributed by atoms with Crippen molar-refractivity contribution in [2.45, 2.75) is 25.1 Å². The predicted molar refractivity (Wildman–Crippen MR) is 100 cm³/mol. The van der Waals surface area contributed by atoms with E-state index in [4.69, 9.17) is 0 Å². The van der Waals surface area contributed by atoms with E-state index in [1.165, 1.54) is 33.5 Å². The number of carbonyl (C=O) groups is 1. The van der Waals surface area contributed by atoms with Crippen molar-refractivity contribution in [2.24, 2.45) is 0 Å². The Kier molecular flexibility index (Phi) is 5.72. The monoisotopic (exact) mass is 430 g/mol. The lowest BCUT2D eigenvalue weighted by Gasteiger charge is -2.35. The first kappa shape index (κ1) is 21.3. The fourth-order valence-electron chi connectivity index (χ4n) is 3.42. The molecule has 11 heteroatoms. The summed E-state index contributed by atoms with van der Waals surface area (Å²) in [6.07, 6.45) is -1.38. The molecule has 1 amide bonds. The second kappa shape index (κ2) is 7.79. The Labute approximate surface area is 166 Å². The molecule has 1 aliphatic heterocycles. The second-order valence-corrected chi connectivity index (χ2v) is 8.97. The van der Waals surface area contributed by atoms with Crippen molar-refractivity contribution in [3.05, 3.63) is 47.8 Å². The van der Waals surface area contributed by atoms with Gasteiger partial charge in [0.1, 0.15) is 5.69 Å². The van der Waals surface area contributed by atoms with Crippen LogP contribution in [0.1, 0.15) is 28.9 Å². The molecular formula is C18H21F3N4O3S. The van der Waals surface area contributed by atoms with Crippen LogP contribution in [0.15, 0.2) is 36.5 Å². The number of hydrogen-bond acceptors (Lipinski definition) is 4. The zero-order valence-electron chi connectivity index (χ0n) is 15.9. The molecule has 7 nitrogen and oxygen atoms in total.